The molecule has 2 aliphatic rings. The number of benzene rings is 6. The molecule has 1 spiro atoms. The van der Waals surface area contributed by atoms with Crippen LogP contribution < -0.4 is 0 Å². The van der Waals surface area contributed by atoms with Crippen LogP contribution in [0.15, 0.2) is 176 Å². The predicted molar refractivity (Wildman–Crippen MR) is 198 cm³/mol. The van der Waals surface area contributed by atoms with Crippen molar-refractivity contribution in [1.29, 1.82) is 0 Å². The summed E-state index contributed by atoms with van der Waals surface area (Å²) in [6.07, 6.45) is 3.70. The van der Waals surface area contributed by atoms with Crippen LogP contribution in [0.3, 0.4) is 0 Å². The van der Waals surface area contributed by atoms with Crippen molar-refractivity contribution < 1.29 is 0 Å². The third-order valence-corrected chi connectivity index (χ3v) is 10.2. The SMILES string of the molecule is c1ccc(-c2nc(-c3cccc(-c4cccnc4)c3)cc(-c3ccc4c(c3)C3(c5ccccc5-c5ccccc53)c3ccccc3-4)n2)cc1. The molecule has 3 nitrogen and oxygen atoms in total. The Hall–Kier alpha value is -6.45. The molecule has 0 saturated carbocycles. The molecular formula is C46H29N3. The topological polar surface area (TPSA) is 38.7 Å². The number of hydrogen-bond donors (Lipinski definition) is 0. The highest BCUT2D eigenvalue weighted by atomic mass is 14.9. The second-order valence-electron chi connectivity index (χ2n) is 12.8. The summed E-state index contributed by atoms with van der Waals surface area (Å²) in [5, 5.41) is 0. The van der Waals surface area contributed by atoms with Gasteiger partial charge in [-0.15, -0.1) is 0 Å². The third kappa shape index (κ3) is 4.12. The maximum atomic E-state index is 5.24. The van der Waals surface area contributed by atoms with Gasteiger partial charge in [-0.2, -0.15) is 0 Å². The zero-order valence-corrected chi connectivity index (χ0v) is 26.6. The largest absolute Gasteiger partial charge is 0.264 e. The smallest absolute Gasteiger partial charge is 0.160 e. The quantitative estimate of drug-likeness (QED) is 0.196. The fraction of sp³-hybridized carbons (Fsp3) is 0.0217. The Labute approximate surface area is 285 Å². The lowest BCUT2D eigenvalue weighted by Crippen LogP contribution is -2.25. The number of hydrogen-bond acceptors (Lipinski definition) is 3. The molecule has 3 heteroatoms. The minimum absolute atomic E-state index is 0.411. The van der Waals surface area contributed by atoms with Gasteiger partial charge in [0.25, 0.3) is 0 Å². The van der Waals surface area contributed by atoms with E-state index in [4.69, 9.17) is 9.97 Å². The van der Waals surface area contributed by atoms with Crippen LogP contribution in [0.1, 0.15) is 22.3 Å². The number of pyridine rings is 1. The Balaban J connectivity index is 1.21. The van der Waals surface area contributed by atoms with Crippen molar-refractivity contribution in [3.8, 4) is 67.3 Å². The minimum Gasteiger partial charge on any atom is -0.264 e. The van der Waals surface area contributed by atoms with Gasteiger partial charge >= 0.3 is 0 Å². The van der Waals surface area contributed by atoms with E-state index in [1.807, 2.05) is 30.5 Å². The molecule has 2 aromatic heterocycles. The van der Waals surface area contributed by atoms with E-state index in [2.05, 4.69) is 145 Å². The first-order chi connectivity index (χ1) is 24.3. The first-order valence-corrected chi connectivity index (χ1v) is 16.7. The van der Waals surface area contributed by atoms with Crippen molar-refractivity contribution in [2.75, 3.05) is 0 Å². The maximum Gasteiger partial charge on any atom is 0.160 e. The lowest BCUT2D eigenvalue weighted by molar-refractivity contribution is 0.794. The Morgan fingerprint density at radius 3 is 1.51 bits per heavy atom. The minimum atomic E-state index is -0.411. The number of aromatic nitrogens is 3. The second-order valence-corrected chi connectivity index (χ2v) is 12.8. The van der Waals surface area contributed by atoms with E-state index < -0.39 is 5.41 Å². The van der Waals surface area contributed by atoms with Crippen molar-refractivity contribution in [2.24, 2.45) is 0 Å². The average Bonchev–Trinajstić information content (AvgIpc) is 3.66. The molecule has 0 aliphatic heterocycles. The molecule has 0 N–H and O–H groups in total. The van der Waals surface area contributed by atoms with E-state index in [0.717, 1.165) is 39.2 Å². The Bertz CT molecular complexity index is 2490. The summed E-state index contributed by atoms with van der Waals surface area (Å²) in [5.41, 5.74) is 17.1. The molecule has 228 valence electrons. The van der Waals surface area contributed by atoms with Gasteiger partial charge in [-0.25, -0.2) is 9.97 Å². The van der Waals surface area contributed by atoms with Crippen molar-refractivity contribution >= 4 is 0 Å². The van der Waals surface area contributed by atoms with E-state index in [0.29, 0.717) is 5.82 Å². The highest BCUT2D eigenvalue weighted by Crippen LogP contribution is 2.63. The predicted octanol–water partition coefficient (Wildman–Crippen LogP) is 10.9. The van der Waals surface area contributed by atoms with Crippen molar-refractivity contribution in [3.63, 3.8) is 0 Å². The van der Waals surface area contributed by atoms with Gasteiger partial charge in [0.2, 0.25) is 0 Å². The normalized spacial score (nSPS) is 13.1. The van der Waals surface area contributed by atoms with Gasteiger partial charge in [0.05, 0.1) is 16.8 Å². The number of nitrogens with zero attached hydrogens (tertiary/aromatic N) is 3. The summed E-state index contributed by atoms with van der Waals surface area (Å²) >= 11 is 0. The molecule has 8 aromatic rings. The highest BCUT2D eigenvalue weighted by Gasteiger charge is 2.51. The van der Waals surface area contributed by atoms with E-state index >= 15 is 0 Å². The van der Waals surface area contributed by atoms with Gasteiger partial charge in [-0.3, -0.25) is 4.98 Å². The molecule has 0 saturated heterocycles. The zero-order chi connectivity index (χ0) is 32.4. The molecule has 0 unspecified atom stereocenters. The van der Waals surface area contributed by atoms with Crippen LogP contribution >= 0.6 is 0 Å². The second kappa shape index (κ2) is 10.8. The zero-order valence-electron chi connectivity index (χ0n) is 26.6. The van der Waals surface area contributed by atoms with E-state index in [9.17, 15) is 0 Å². The summed E-state index contributed by atoms with van der Waals surface area (Å²) in [5.74, 6) is 0.704. The summed E-state index contributed by atoms with van der Waals surface area (Å²) in [7, 11) is 0. The molecule has 10 rings (SSSR count). The standard InChI is InChI=1S/C46H29N3/c1-2-12-30(13-3-1)45-48-43(32-15-10-14-31(26-32)34-16-11-25-47-29-34)28-44(49-45)33-23-24-38-37-19-6-9-22-41(37)46(42(38)27-33)39-20-7-4-17-35(39)36-18-5-8-21-40(36)46/h1-29H. The molecule has 0 amide bonds. The van der Waals surface area contributed by atoms with Crippen LogP contribution in [0.2, 0.25) is 0 Å². The first-order valence-electron chi connectivity index (χ1n) is 16.7. The third-order valence-electron chi connectivity index (χ3n) is 10.2. The van der Waals surface area contributed by atoms with Gasteiger partial charge in [0.1, 0.15) is 0 Å². The lowest BCUT2D eigenvalue weighted by atomic mass is 9.70. The van der Waals surface area contributed by atoms with Gasteiger partial charge in [-0.1, -0.05) is 140 Å². The van der Waals surface area contributed by atoms with Crippen LogP contribution in [0.25, 0.3) is 67.3 Å². The van der Waals surface area contributed by atoms with Gasteiger partial charge in [0.15, 0.2) is 5.82 Å². The summed E-state index contributed by atoms with van der Waals surface area (Å²) < 4.78 is 0. The van der Waals surface area contributed by atoms with Gasteiger partial charge in [-0.05, 0) is 74.3 Å². The van der Waals surface area contributed by atoms with Crippen LogP contribution in [0, 0.1) is 0 Å². The van der Waals surface area contributed by atoms with E-state index in [-0.39, 0.29) is 0 Å². The molecule has 0 bridgehead atoms. The summed E-state index contributed by atoms with van der Waals surface area (Å²) in [6, 6.07) is 58.7. The molecule has 0 fully saturated rings. The molecule has 0 radical (unpaired) electrons. The fourth-order valence-corrected chi connectivity index (χ4v) is 8.11. The molecular weight excluding hydrogens is 595 g/mol. The molecule has 2 heterocycles. The van der Waals surface area contributed by atoms with Gasteiger partial charge < -0.3 is 0 Å². The van der Waals surface area contributed by atoms with Crippen molar-refractivity contribution in [3.05, 3.63) is 198 Å². The fourth-order valence-electron chi connectivity index (χ4n) is 8.11. The Kier molecular flexibility index (Phi) is 6.09. The molecule has 2 aliphatic carbocycles. The molecule has 0 atom stereocenters. The number of fused-ring (bicyclic) bond motifs is 10. The Morgan fingerprint density at radius 2 is 0.878 bits per heavy atom. The monoisotopic (exact) mass is 623 g/mol. The highest BCUT2D eigenvalue weighted by molar-refractivity contribution is 5.96. The summed E-state index contributed by atoms with van der Waals surface area (Å²) in [4.78, 5) is 14.7. The Morgan fingerprint density at radius 1 is 0.347 bits per heavy atom. The van der Waals surface area contributed by atoms with Crippen molar-refractivity contribution in [1.82, 2.24) is 15.0 Å². The summed E-state index contributed by atoms with van der Waals surface area (Å²) in [6.45, 7) is 0. The lowest BCUT2D eigenvalue weighted by Gasteiger charge is -2.30. The van der Waals surface area contributed by atoms with Crippen LogP contribution in [0.5, 0.6) is 0 Å². The van der Waals surface area contributed by atoms with E-state index in [1.54, 1.807) is 6.20 Å². The number of rotatable bonds is 4. The van der Waals surface area contributed by atoms with Crippen LogP contribution in [-0.2, 0) is 5.41 Å². The maximum absolute atomic E-state index is 5.24. The van der Waals surface area contributed by atoms with Crippen LogP contribution in [-0.4, -0.2) is 15.0 Å². The van der Waals surface area contributed by atoms with E-state index in [1.165, 1.54) is 44.5 Å². The first kappa shape index (κ1) is 27.6. The van der Waals surface area contributed by atoms with Crippen molar-refractivity contribution in [2.45, 2.75) is 5.41 Å². The van der Waals surface area contributed by atoms with Crippen LogP contribution in [0.4, 0.5) is 0 Å². The average molecular weight is 624 g/mol. The van der Waals surface area contributed by atoms with Gasteiger partial charge in [0, 0.05) is 34.6 Å². The molecule has 6 aromatic carbocycles. The molecule has 49 heavy (non-hydrogen) atoms.